The first kappa shape index (κ1) is 17.6. The monoisotopic (exact) mass is 370 g/mol. The highest BCUT2D eigenvalue weighted by Gasteiger charge is 2.08. The molecule has 0 unspecified atom stereocenters. The van der Waals surface area contributed by atoms with Gasteiger partial charge in [-0.2, -0.15) is 0 Å². The lowest BCUT2D eigenvalue weighted by Crippen LogP contribution is -2.05. The third-order valence-electron chi connectivity index (χ3n) is 4.24. The van der Waals surface area contributed by atoms with Gasteiger partial charge in [0.1, 0.15) is 5.75 Å². The molecule has 0 atom stereocenters. The molecule has 6 heteroatoms. The van der Waals surface area contributed by atoms with Gasteiger partial charge in [-0.15, -0.1) is 0 Å². The summed E-state index contributed by atoms with van der Waals surface area (Å²) in [6.07, 6.45) is 3.27. The van der Waals surface area contributed by atoms with E-state index in [-0.39, 0.29) is 5.91 Å². The van der Waals surface area contributed by atoms with Crippen LogP contribution in [-0.2, 0) is 4.79 Å². The lowest BCUT2D eigenvalue weighted by molar-refractivity contribution is -0.114. The summed E-state index contributed by atoms with van der Waals surface area (Å²) in [5.41, 5.74) is 4.59. The zero-order valence-electron chi connectivity index (χ0n) is 15.5. The molecule has 28 heavy (non-hydrogen) atoms. The molecule has 0 aliphatic rings. The summed E-state index contributed by atoms with van der Waals surface area (Å²) < 4.78 is 5.63. The number of fused-ring (bicyclic) bond motifs is 1. The largest absolute Gasteiger partial charge is 0.424 e. The highest BCUT2D eigenvalue weighted by atomic mass is 16.5. The van der Waals surface area contributed by atoms with Gasteiger partial charge in [-0.25, -0.2) is 15.0 Å². The summed E-state index contributed by atoms with van der Waals surface area (Å²) in [6, 6.07) is 17.5. The summed E-state index contributed by atoms with van der Waals surface area (Å²) in [6.45, 7) is 3.53. The van der Waals surface area contributed by atoms with Gasteiger partial charge >= 0.3 is 6.01 Å². The van der Waals surface area contributed by atoms with Crippen LogP contribution in [-0.4, -0.2) is 20.9 Å². The molecular formula is C22H18N4O2. The van der Waals surface area contributed by atoms with Crippen LogP contribution in [0.15, 0.2) is 67.0 Å². The van der Waals surface area contributed by atoms with Gasteiger partial charge in [0.15, 0.2) is 0 Å². The van der Waals surface area contributed by atoms with E-state index in [0.717, 1.165) is 33.4 Å². The highest BCUT2D eigenvalue weighted by Crippen LogP contribution is 2.28. The molecule has 138 valence electrons. The number of carbonyl (C=O) groups is 1. The molecule has 4 rings (SSSR count). The third kappa shape index (κ3) is 3.81. The van der Waals surface area contributed by atoms with Crippen LogP contribution in [0.3, 0.4) is 0 Å². The van der Waals surface area contributed by atoms with Crippen LogP contribution in [0.2, 0.25) is 0 Å². The first-order chi connectivity index (χ1) is 13.6. The van der Waals surface area contributed by atoms with Crippen molar-refractivity contribution in [2.24, 2.45) is 0 Å². The molecule has 0 bridgehead atoms. The number of benzene rings is 2. The predicted octanol–water partition coefficient (Wildman–Crippen LogP) is 4.75. The molecule has 1 N–H and O–H groups in total. The van der Waals surface area contributed by atoms with Crippen molar-refractivity contribution < 1.29 is 9.53 Å². The van der Waals surface area contributed by atoms with Crippen molar-refractivity contribution in [2.75, 3.05) is 5.32 Å². The van der Waals surface area contributed by atoms with Gasteiger partial charge in [0.05, 0.1) is 11.2 Å². The fourth-order valence-electron chi connectivity index (χ4n) is 2.96. The minimum Gasteiger partial charge on any atom is -0.424 e. The molecule has 0 radical (unpaired) electrons. The van der Waals surface area contributed by atoms with Crippen molar-refractivity contribution in [2.45, 2.75) is 13.8 Å². The van der Waals surface area contributed by atoms with Crippen LogP contribution in [0, 0.1) is 6.92 Å². The molecule has 0 saturated carbocycles. The van der Waals surface area contributed by atoms with Crippen LogP contribution in [0.5, 0.6) is 11.8 Å². The first-order valence-corrected chi connectivity index (χ1v) is 8.83. The second-order valence-corrected chi connectivity index (χ2v) is 6.40. The number of hydrogen-bond acceptors (Lipinski definition) is 5. The number of pyridine rings is 1. The van der Waals surface area contributed by atoms with Crippen LogP contribution >= 0.6 is 0 Å². The maximum Gasteiger partial charge on any atom is 0.321 e. The van der Waals surface area contributed by atoms with E-state index in [1.54, 1.807) is 18.5 Å². The van der Waals surface area contributed by atoms with Crippen molar-refractivity contribution in [3.63, 3.8) is 0 Å². The molecular weight excluding hydrogens is 352 g/mol. The summed E-state index contributed by atoms with van der Waals surface area (Å²) in [4.78, 5) is 24.1. The van der Waals surface area contributed by atoms with Gasteiger partial charge < -0.3 is 10.1 Å². The summed E-state index contributed by atoms with van der Waals surface area (Å²) >= 11 is 0. The maximum absolute atomic E-state index is 11.3. The Hall–Kier alpha value is -3.80. The van der Waals surface area contributed by atoms with Crippen molar-refractivity contribution in [1.82, 2.24) is 15.0 Å². The number of aryl methyl sites for hydroxylation is 1. The number of nitrogens with one attached hydrogen (secondary N) is 1. The Morgan fingerprint density at radius 3 is 2.46 bits per heavy atom. The van der Waals surface area contributed by atoms with Crippen LogP contribution in [0.1, 0.15) is 12.5 Å². The second kappa shape index (κ2) is 7.44. The Bertz CT molecular complexity index is 1140. The number of rotatable bonds is 4. The minimum atomic E-state index is -0.0928. The normalized spacial score (nSPS) is 10.6. The van der Waals surface area contributed by atoms with E-state index >= 15 is 0 Å². The number of carbonyl (C=O) groups excluding carboxylic acids is 1. The Kier molecular flexibility index (Phi) is 4.68. The number of hydrogen-bond donors (Lipinski definition) is 1. The van der Waals surface area contributed by atoms with E-state index in [2.05, 4.69) is 15.3 Å². The average Bonchev–Trinajstić information content (AvgIpc) is 2.69. The SMILES string of the molecule is CC(=O)Nc1ccc2nc(-c3ccc(Oc4ncccn4)cc3)cc(C)c2c1. The average molecular weight is 370 g/mol. The molecule has 0 fully saturated rings. The standard InChI is InChI=1S/C22H18N4O2/c1-14-12-21(26-20-9-6-17(13-19(14)20)25-15(2)27)16-4-7-18(8-5-16)28-22-23-10-3-11-24-22/h3-13H,1-2H3,(H,25,27). The van der Waals surface area contributed by atoms with Gasteiger partial charge in [-0.3, -0.25) is 4.79 Å². The minimum absolute atomic E-state index is 0.0928. The smallest absolute Gasteiger partial charge is 0.321 e. The lowest BCUT2D eigenvalue weighted by atomic mass is 10.0. The molecule has 4 aromatic rings. The van der Waals surface area contributed by atoms with Crippen molar-refractivity contribution >= 4 is 22.5 Å². The number of aromatic nitrogens is 3. The molecule has 2 heterocycles. The van der Waals surface area contributed by atoms with Crippen molar-refractivity contribution in [3.05, 3.63) is 72.6 Å². The van der Waals surface area contributed by atoms with Gasteiger partial charge in [0.2, 0.25) is 5.91 Å². The molecule has 0 aliphatic carbocycles. The van der Waals surface area contributed by atoms with Crippen molar-refractivity contribution in [1.29, 1.82) is 0 Å². The zero-order chi connectivity index (χ0) is 19.5. The summed E-state index contributed by atoms with van der Waals surface area (Å²) in [5.74, 6) is 0.567. The molecule has 0 saturated heterocycles. The fraction of sp³-hybridized carbons (Fsp3) is 0.0909. The van der Waals surface area contributed by atoms with Gasteiger partial charge in [-0.05, 0) is 67.1 Å². The van der Waals surface area contributed by atoms with Gasteiger partial charge in [0.25, 0.3) is 0 Å². The van der Waals surface area contributed by atoms with E-state index < -0.39 is 0 Å². The van der Waals surface area contributed by atoms with Crippen LogP contribution in [0.4, 0.5) is 5.69 Å². The number of amides is 1. The molecule has 1 amide bonds. The fourth-order valence-corrected chi connectivity index (χ4v) is 2.96. The molecule has 0 spiro atoms. The van der Waals surface area contributed by atoms with Gasteiger partial charge in [0, 0.05) is 36.0 Å². The van der Waals surface area contributed by atoms with E-state index in [1.165, 1.54) is 6.92 Å². The Morgan fingerprint density at radius 2 is 1.75 bits per heavy atom. The molecule has 0 aliphatic heterocycles. The summed E-state index contributed by atoms with van der Waals surface area (Å²) in [5, 5.41) is 3.82. The van der Waals surface area contributed by atoms with E-state index in [9.17, 15) is 4.79 Å². The number of ether oxygens (including phenoxy) is 1. The second-order valence-electron chi connectivity index (χ2n) is 6.40. The molecule has 2 aromatic carbocycles. The van der Waals surface area contributed by atoms with Crippen LogP contribution < -0.4 is 10.1 Å². The highest BCUT2D eigenvalue weighted by molar-refractivity contribution is 5.93. The molecule has 2 aromatic heterocycles. The zero-order valence-corrected chi connectivity index (χ0v) is 15.5. The van der Waals surface area contributed by atoms with E-state index in [1.807, 2.05) is 55.5 Å². The predicted molar refractivity (Wildman–Crippen MR) is 108 cm³/mol. The van der Waals surface area contributed by atoms with Gasteiger partial charge in [-0.1, -0.05) is 0 Å². The maximum atomic E-state index is 11.3. The quantitative estimate of drug-likeness (QED) is 0.561. The third-order valence-corrected chi connectivity index (χ3v) is 4.24. The number of anilines is 1. The molecule has 6 nitrogen and oxygen atoms in total. The van der Waals surface area contributed by atoms with Crippen LogP contribution in [0.25, 0.3) is 22.2 Å². The first-order valence-electron chi connectivity index (χ1n) is 8.83. The van der Waals surface area contributed by atoms with E-state index in [0.29, 0.717) is 11.8 Å². The van der Waals surface area contributed by atoms with E-state index in [4.69, 9.17) is 9.72 Å². The lowest BCUT2D eigenvalue weighted by Gasteiger charge is -2.10. The Labute approximate surface area is 162 Å². The van der Waals surface area contributed by atoms with Crippen molar-refractivity contribution in [3.8, 4) is 23.0 Å². The Morgan fingerprint density at radius 1 is 1.00 bits per heavy atom. The Balaban J connectivity index is 1.62. The summed E-state index contributed by atoms with van der Waals surface area (Å²) in [7, 11) is 0. The number of nitrogens with zero attached hydrogens (tertiary/aromatic N) is 3. The topological polar surface area (TPSA) is 77.0 Å².